The molecule has 4 aromatic rings. The summed E-state index contributed by atoms with van der Waals surface area (Å²) in [7, 11) is -3.89. The van der Waals surface area contributed by atoms with Gasteiger partial charge >= 0.3 is 0 Å². The topological polar surface area (TPSA) is 95.5 Å². The smallest absolute Gasteiger partial charge is 0.264 e. The first kappa shape index (κ1) is 24.8. The molecule has 8 nitrogen and oxygen atoms in total. The van der Waals surface area contributed by atoms with E-state index in [1.165, 1.54) is 18.3 Å². The van der Waals surface area contributed by atoms with Crippen LogP contribution >= 0.6 is 0 Å². The van der Waals surface area contributed by atoms with Gasteiger partial charge in [0.2, 0.25) is 0 Å². The van der Waals surface area contributed by atoms with Crippen LogP contribution in [0.25, 0.3) is 10.9 Å². The molecule has 0 aliphatic carbocycles. The van der Waals surface area contributed by atoms with Crippen molar-refractivity contribution < 1.29 is 17.6 Å². The number of fused-ring (bicyclic) bond motifs is 1. The summed E-state index contributed by atoms with van der Waals surface area (Å²) < 4.78 is 42.4. The Bertz CT molecular complexity index is 1560. The van der Waals surface area contributed by atoms with E-state index in [-0.39, 0.29) is 16.6 Å². The number of aryl methyl sites for hydroxylation is 1. The van der Waals surface area contributed by atoms with Crippen LogP contribution in [0.15, 0.2) is 78.1 Å². The van der Waals surface area contributed by atoms with E-state index >= 15 is 0 Å². The molecule has 0 unspecified atom stereocenters. The molecule has 0 radical (unpaired) electrons. The van der Waals surface area contributed by atoms with Crippen molar-refractivity contribution in [2.24, 2.45) is 0 Å². The third-order valence-corrected chi connectivity index (χ3v) is 7.83. The Kier molecular flexibility index (Phi) is 6.86. The average molecular weight is 520 g/mol. The quantitative estimate of drug-likeness (QED) is 0.416. The minimum atomic E-state index is -3.89. The standard InChI is InChI=1S/C27H26FN5O3S/c1-19-14-22(27(34)33-12-10-32(11-13-33)18-20-15-23(28)17-29-16-20)7-8-24(19)31-37(35,36)25-6-2-4-21-5-3-9-30-26(21)25/h2-9,14-17,31H,10-13,18H2,1H3. The first-order valence-corrected chi connectivity index (χ1v) is 13.4. The summed E-state index contributed by atoms with van der Waals surface area (Å²) in [4.78, 5) is 25.3. The predicted molar refractivity (Wildman–Crippen MR) is 139 cm³/mol. The Morgan fingerprint density at radius 1 is 1.03 bits per heavy atom. The molecule has 0 bridgehead atoms. The molecule has 1 fully saturated rings. The van der Waals surface area contributed by atoms with E-state index in [0.29, 0.717) is 55.1 Å². The van der Waals surface area contributed by atoms with Crippen molar-refractivity contribution in [2.45, 2.75) is 18.4 Å². The highest BCUT2D eigenvalue weighted by atomic mass is 32.2. The molecule has 0 spiro atoms. The second-order valence-corrected chi connectivity index (χ2v) is 10.7. The first-order valence-electron chi connectivity index (χ1n) is 11.9. The summed E-state index contributed by atoms with van der Waals surface area (Å²) >= 11 is 0. The van der Waals surface area contributed by atoms with Crippen LogP contribution in [0.1, 0.15) is 21.5 Å². The summed E-state index contributed by atoms with van der Waals surface area (Å²) in [5.74, 6) is -0.468. The van der Waals surface area contributed by atoms with Gasteiger partial charge in [0.05, 0.1) is 17.4 Å². The number of sulfonamides is 1. The molecule has 1 saturated heterocycles. The van der Waals surface area contributed by atoms with E-state index in [1.54, 1.807) is 54.5 Å². The van der Waals surface area contributed by atoms with Gasteiger partial charge in [0.25, 0.3) is 15.9 Å². The van der Waals surface area contributed by atoms with Crippen LogP contribution in [0.4, 0.5) is 10.1 Å². The lowest BCUT2D eigenvalue weighted by Crippen LogP contribution is -2.48. The Balaban J connectivity index is 1.25. The number of benzene rings is 2. The zero-order valence-electron chi connectivity index (χ0n) is 20.3. The van der Waals surface area contributed by atoms with E-state index in [9.17, 15) is 17.6 Å². The number of hydrogen-bond acceptors (Lipinski definition) is 6. The summed E-state index contributed by atoms with van der Waals surface area (Å²) in [6.45, 7) is 4.76. The lowest BCUT2D eigenvalue weighted by atomic mass is 10.1. The molecule has 1 aliphatic rings. The molecule has 1 amide bonds. The van der Waals surface area contributed by atoms with E-state index in [2.05, 4.69) is 19.6 Å². The number of amides is 1. The molecule has 0 atom stereocenters. The van der Waals surface area contributed by atoms with Gasteiger partial charge in [-0.3, -0.25) is 24.4 Å². The number of carbonyl (C=O) groups is 1. The molecule has 190 valence electrons. The number of carbonyl (C=O) groups excluding carboxylic acids is 1. The third-order valence-electron chi connectivity index (χ3n) is 6.43. The molecule has 3 heterocycles. The zero-order chi connectivity index (χ0) is 26.0. The number of anilines is 1. The van der Waals surface area contributed by atoms with Crippen LogP contribution in [-0.4, -0.2) is 60.3 Å². The zero-order valence-corrected chi connectivity index (χ0v) is 21.1. The predicted octanol–water partition coefficient (Wildman–Crippen LogP) is 3.84. The van der Waals surface area contributed by atoms with E-state index in [0.717, 1.165) is 10.9 Å². The van der Waals surface area contributed by atoms with Crippen LogP contribution in [-0.2, 0) is 16.6 Å². The number of aromatic nitrogens is 2. The van der Waals surface area contributed by atoms with Gasteiger partial charge in [-0.25, -0.2) is 12.8 Å². The number of rotatable bonds is 6. The largest absolute Gasteiger partial charge is 0.336 e. The first-order chi connectivity index (χ1) is 17.8. The van der Waals surface area contributed by atoms with Gasteiger partial charge in [0.15, 0.2) is 0 Å². The van der Waals surface area contributed by atoms with Gasteiger partial charge in [-0.2, -0.15) is 0 Å². The Morgan fingerprint density at radius 2 is 1.81 bits per heavy atom. The van der Waals surface area contributed by atoms with Crippen molar-refractivity contribution in [2.75, 3.05) is 30.9 Å². The van der Waals surface area contributed by atoms with Gasteiger partial charge in [0, 0.05) is 56.1 Å². The van der Waals surface area contributed by atoms with Crippen molar-refractivity contribution >= 4 is 32.5 Å². The highest BCUT2D eigenvalue weighted by Crippen LogP contribution is 2.26. The van der Waals surface area contributed by atoms with Gasteiger partial charge in [0.1, 0.15) is 10.7 Å². The van der Waals surface area contributed by atoms with Crippen molar-refractivity contribution in [3.05, 3.63) is 95.7 Å². The number of piperazine rings is 1. The minimum Gasteiger partial charge on any atom is -0.336 e. The van der Waals surface area contributed by atoms with Crippen LogP contribution in [0.5, 0.6) is 0 Å². The lowest BCUT2D eigenvalue weighted by molar-refractivity contribution is 0.0628. The lowest BCUT2D eigenvalue weighted by Gasteiger charge is -2.34. The Labute approximate surface area is 214 Å². The maximum atomic E-state index is 13.4. The maximum Gasteiger partial charge on any atom is 0.264 e. The fourth-order valence-electron chi connectivity index (χ4n) is 4.50. The molecule has 1 aliphatic heterocycles. The van der Waals surface area contributed by atoms with Crippen molar-refractivity contribution in [3.63, 3.8) is 0 Å². The van der Waals surface area contributed by atoms with Crippen molar-refractivity contribution in [3.8, 4) is 0 Å². The molecule has 1 N–H and O–H groups in total. The van der Waals surface area contributed by atoms with Gasteiger partial charge in [-0.05, 0) is 54.4 Å². The van der Waals surface area contributed by atoms with Crippen molar-refractivity contribution in [1.29, 1.82) is 0 Å². The summed E-state index contributed by atoms with van der Waals surface area (Å²) in [5.41, 5.74) is 2.73. The minimum absolute atomic E-state index is 0.0945. The molecule has 10 heteroatoms. The van der Waals surface area contributed by atoms with Crippen molar-refractivity contribution in [1.82, 2.24) is 19.8 Å². The van der Waals surface area contributed by atoms with E-state index in [1.807, 2.05) is 12.1 Å². The maximum absolute atomic E-state index is 13.4. The Morgan fingerprint density at radius 3 is 2.57 bits per heavy atom. The SMILES string of the molecule is Cc1cc(C(=O)N2CCN(Cc3cncc(F)c3)CC2)ccc1NS(=O)(=O)c1cccc2cccnc12. The normalized spacial score (nSPS) is 14.6. The number of nitrogens with one attached hydrogen (secondary N) is 1. The monoisotopic (exact) mass is 519 g/mol. The molecule has 0 saturated carbocycles. The van der Waals surface area contributed by atoms with E-state index in [4.69, 9.17) is 0 Å². The number of pyridine rings is 2. The number of nitrogens with zero attached hydrogens (tertiary/aromatic N) is 4. The number of para-hydroxylation sites is 1. The molecule has 2 aromatic carbocycles. The Hall–Kier alpha value is -3.89. The van der Waals surface area contributed by atoms with Gasteiger partial charge in [-0.1, -0.05) is 18.2 Å². The fraction of sp³-hybridized carbons (Fsp3) is 0.222. The number of halogens is 1. The average Bonchev–Trinajstić information content (AvgIpc) is 2.89. The second-order valence-electron chi connectivity index (χ2n) is 9.05. The van der Waals surface area contributed by atoms with Gasteiger partial charge < -0.3 is 4.90 Å². The highest BCUT2D eigenvalue weighted by Gasteiger charge is 2.24. The van der Waals surface area contributed by atoms with Crippen LogP contribution in [0, 0.1) is 12.7 Å². The molecular formula is C27H26FN5O3S. The highest BCUT2D eigenvalue weighted by molar-refractivity contribution is 7.93. The summed E-state index contributed by atoms with van der Waals surface area (Å²) in [5, 5.41) is 0.732. The molecular weight excluding hydrogens is 493 g/mol. The van der Waals surface area contributed by atoms with Crippen LogP contribution in [0.2, 0.25) is 0 Å². The number of hydrogen-bond donors (Lipinski definition) is 1. The fourth-order valence-corrected chi connectivity index (χ4v) is 5.81. The molecule has 5 rings (SSSR count). The summed E-state index contributed by atoms with van der Waals surface area (Å²) in [6, 6.07) is 15.0. The molecule has 2 aromatic heterocycles. The summed E-state index contributed by atoms with van der Waals surface area (Å²) in [6.07, 6.45) is 4.39. The second kappa shape index (κ2) is 10.2. The van der Waals surface area contributed by atoms with Crippen LogP contribution < -0.4 is 4.72 Å². The molecule has 37 heavy (non-hydrogen) atoms. The van der Waals surface area contributed by atoms with Gasteiger partial charge in [-0.15, -0.1) is 0 Å². The third kappa shape index (κ3) is 5.45. The van der Waals surface area contributed by atoms with Crippen LogP contribution in [0.3, 0.4) is 0 Å². The van der Waals surface area contributed by atoms with E-state index < -0.39 is 10.0 Å².